The molecule has 0 spiro atoms. The summed E-state index contributed by atoms with van der Waals surface area (Å²) in [6, 6.07) is 0. The van der Waals surface area contributed by atoms with E-state index in [9.17, 15) is 14.4 Å². The van der Waals surface area contributed by atoms with Crippen LogP contribution in [0.2, 0.25) is 0 Å². The highest BCUT2D eigenvalue weighted by molar-refractivity contribution is 14.1. The van der Waals surface area contributed by atoms with Gasteiger partial charge in [-0.05, 0) is 47.5 Å². The number of carbonyl (C=O) groups excluding carboxylic acids is 3. The molecule has 0 amide bonds. The van der Waals surface area contributed by atoms with Crippen LogP contribution in [0.1, 0.15) is 54.9 Å². The van der Waals surface area contributed by atoms with Crippen LogP contribution in [-0.2, 0) is 38.1 Å². The monoisotopic (exact) mass is 568 g/mol. The van der Waals surface area contributed by atoms with Crippen molar-refractivity contribution >= 4 is 40.5 Å². The topological polar surface area (TPSA) is 97.4 Å². The van der Waals surface area contributed by atoms with E-state index < -0.39 is 59.4 Å². The van der Waals surface area contributed by atoms with Gasteiger partial charge in [-0.25, -0.2) is 0 Å². The summed E-state index contributed by atoms with van der Waals surface area (Å²) in [6.45, 7) is 15.8. The molecule has 1 heterocycles. The smallest absolute Gasteiger partial charge is 0.311 e. The van der Waals surface area contributed by atoms with E-state index in [1.165, 1.54) is 7.11 Å². The number of ether oxygens (including phenoxy) is 5. The number of rotatable bonds is 8. The highest BCUT2D eigenvalue weighted by Gasteiger charge is 2.53. The van der Waals surface area contributed by atoms with Crippen LogP contribution in [0.4, 0.5) is 0 Å². The van der Waals surface area contributed by atoms with E-state index >= 15 is 0 Å². The Morgan fingerprint density at radius 2 is 1.47 bits per heavy atom. The lowest BCUT2D eigenvalue weighted by atomic mass is 9.94. The quantitative estimate of drug-likeness (QED) is 0.143. The molecule has 0 saturated carbocycles. The number of esters is 3. The van der Waals surface area contributed by atoms with E-state index in [4.69, 9.17) is 23.7 Å². The first-order chi connectivity index (χ1) is 14.6. The number of hydrogen-bond acceptors (Lipinski definition) is 8. The van der Waals surface area contributed by atoms with Crippen molar-refractivity contribution in [2.75, 3.05) is 11.5 Å². The van der Waals surface area contributed by atoms with Crippen LogP contribution in [0.3, 0.4) is 0 Å². The zero-order valence-electron chi connectivity index (χ0n) is 20.3. The molecule has 6 atom stereocenters. The fraction of sp³-hybridized carbons (Fsp3) is 0.783. The van der Waals surface area contributed by atoms with Gasteiger partial charge in [-0.15, -0.1) is 6.58 Å². The van der Waals surface area contributed by atoms with Crippen molar-refractivity contribution in [3.05, 3.63) is 12.7 Å². The van der Waals surface area contributed by atoms with Crippen molar-refractivity contribution in [2.45, 2.75) is 85.6 Å². The second-order valence-corrected chi connectivity index (χ2v) is 10.9. The van der Waals surface area contributed by atoms with Crippen LogP contribution < -0.4 is 0 Å². The third kappa shape index (κ3) is 7.98. The molecule has 0 bridgehead atoms. The van der Waals surface area contributed by atoms with Crippen molar-refractivity contribution in [2.24, 2.45) is 16.7 Å². The Hall–Kier alpha value is -1.20. The SMILES string of the molecule is C=CC(C)CC(=O)O[C@H]1[C@H](OC(=O)C(C)(C)C)[C@@H](OC(=O)C(C)(C)C)[C@@H](OC)O[C@@H]1CI. The van der Waals surface area contributed by atoms with E-state index in [-0.39, 0.29) is 12.3 Å². The minimum absolute atomic E-state index is 0.0955. The molecular weight excluding hydrogens is 531 g/mol. The molecule has 8 nitrogen and oxygen atoms in total. The number of hydrogen-bond donors (Lipinski definition) is 0. The molecule has 32 heavy (non-hydrogen) atoms. The van der Waals surface area contributed by atoms with E-state index in [1.54, 1.807) is 47.6 Å². The van der Waals surface area contributed by atoms with Gasteiger partial charge in [0.2, 0.25) is 0 Å². The molecule has 1 aliphatic rings. The van der Waals surface area contributed by atoms with Gasteiger partial charge < -0.3 is 23.7 Å². The van der Waals surface area contributed by atoms with Gasteiger partial charge in [0.1, 0.15) is 6.10 Å². The predicted octanol–water partition coefficient (Wildman–Crippen LogP) is 3.83. The summed E-state index contributed by atoms with van der Waals surface area (Å²) in [5, 5.41) is 0. The van der Waals surface area contributed by atoms with Crippen LogP contribution in [0.15, 0.2) is 12.7 Å². The van der Waals surface area contributed by atoms with E-state index in [1.807, 2.05) is 6.92 Å². The molecule has 0 N–H and O–H groups in total. The molecule has 0 radical (unpaired) electrons. The van der Waals surface area contributed by atoms with Gasteiger partial charge in [-0.2, -0.15) is 0 Å². The van der Waals surface area contributed by atoms with Crippen LogP contribution in [0.5, 0.6) is 0 Å². The molecule has 0 aromatic rings. The largest absolute Gasteiger partial charge is 0.455 e. The molecule has 1 saturated heterocycles. The maximum Gasteiger partial charge on any atom is 0.311 e. The van der Waals surface area contributed by atoms with Gasteiger partial charge in [0.25, 0.3) is 0 Å². The Bertz CT molecular complexity index is 678. The lowest BCUT2D eigenvalue weighted by molar-refractivity contribution is -0.297. The van der Waals surface area contributed by atoms with Gasteiger partial charge in [0, 0.05) is 11.5 Å². The lowest BCUT2D eigenvalue weighted by Crippen LogP contribution is -2.63. The van der Waals surface area contributed by atoms with Crippen LogP contribution in [0, 0.1) is 16.7 Å². The Morgan fingerprint density at radius 1 is 0.969 bits per heavy atom. The molecule has 184 valence electrons. The Kier molecular flexibility index (Phi) is 10.6. The fourth-order valence-electron chi connectivity index (χ4n) is 2.74. The molecule has 9 heteroatoms. The van der Waals surface area contributed by atoms with E-state index in [0.29, 0.717) is 4.43 Å². The second-order valence-electron chi connectivity index (χ2n) is 10.0. The number of alkyl halides is 1. The van der Waals surface area contributed by atoms with Crippen LogP contribution >= 0.6 is 22.6 Å². The predicted molar refractivity (Wildman–Crippen MR) is 127 cm³/mol. The summed E-state index contributed by atoms with van der Waals surface area (Å²) < 4.78 is 29.1. The average molecular weight is 568 g/mol. The summed E-state index contributed by atoms with van der Waals surface area (Å²) >= 11 is 2.10. The average Bonchev–Trinajstić information content (AvgIpc) is 2.68. The van der Waals surface area contributed by atoms with Gasteiger partial charge in [-0.1, -0.05) is 35.6 Å². The zero-order valence-corrected chi connectivity index (χ0v) is 22.5. The zero-order chi connectivity index (χ0) is 24.9. The molecular formula is C23H37IO8. The van der Waals surface area contributed by atoms with Crippen LogP contribution in [0.25, 0.3) is 0 Å². The molecule has 0 aromatic carbocycles. The minimum Gasteiger partial charge on any atom is -0.455 e. The number of halogens is 1. The molecule has 0 aliphatic carbocycles. The van der Waals surface area contributed by atoms with Gasteiger partial charge in [-0.3, -0.25) is 14.4 Å². The molecule has 1 aliphatic heterocycles. The van der Waals surface area contributed by atoms with Gasteiger partial charge in [0.05, 0.1) is 17.3 Å². The van der Waals surface area contributed by atoms with E-state index in [2.05, 4.69) is 29.2 Å². The third-order valence-electron chi connectivity index (χ3n) is 4.85. The Balaban J connectivity index is 3.37. The van der Waals surface area contributed by atoms with Gasteiger partial charge in [0.15, 0.2) is 24.6 Å². The lowest BCUT2D eigenvalue weighted by Gasteiger charge is -2.45. The molecule has 1 unspecified atom stereocenters. The first-order valence-electron chi connectivity index (χ1n) is 10.6. The van der Waals surface area contributed by atoms with Crippen molar-refractivity contribution in [1.29, 1.82) is 0 Å². The maximum absolute atomic E-state index is 12.8. The molecule has 0 aromatic heterocycles. The second kappa shape index (κ2) is 11.8. The summed E-state index contributed by atoms with van der Waals surface area (Å²) in [4.78, 5) is 38.1. The summed E-state index contributed by atoms with van der Waals surface area (Å²) in [6.07, 6.45) is -3.07. The van der Waals surface area contributed by atoms with Gasteiger partial charge >= 0.3 is 17.9 Å². The van der Waals surface area contributed by atoms with Crippen molar-refractivity contribution in [1.82, 2.24) is 0 Å². The number of methoxy groups -OCH3 is 1. The standard InChI is InChI=1S/C23H37IO8/c1-10-13(2)11-15(25)30-16-14(12-24)29-19(28-9)18(32-21(27)23(6,7)8)17(16)31-20(26)22(3,4)5/h10,13-14,16-19H,1,11-12H2,2-9H3/t13?,14-,16-,17+,18-,19+/m1/s1. The van der Waals surface area contributed by atoms with Crippen molar-refractivity contribution in [3.8, 4) is 0 Å². The van der Waals surface area contributed by atoms with Crippen molar-refractivity contribution in [3.63, 3.8) is 0 Å². The highest BCUT2D eigenvalue weighted by atomic mass is 127. The molecule has 1 rings (SSSR count). The third-order valence-corrected chi connectivity index (χ3v) is 5.71. The number of carbonyl (C=O) groups is 3. The number of allylic oxidation sites excluding steroid dienone is 1. The highest BCUT2D eigenvalue weighted by Crippen LogP contribution is 2.33. The van der Waals surface area contributed by atoms with Crippen LogP contribution in [-0.4, -0.2) is 60.2 Å². The summed E-state index contributed by atoms with van der Waals surface area (Å²) in [7, 11) is 1.41. The Morgan fingerprint density at radius 3 is 1.88 bits per heavy atom. The first kappa shape index (κ1) is 28.8. The maximum atomic E-state index is 12.8. The fourth-order valence-corrected chi connectivity index (χ4v) is 3.45. The molecule has 1 fully saturated rings. The first-order valence-corrected chi connectivity index (χ1v) is 12.2. The van der Waals surface area contributed by atoms with E-state index in [0.717, 1.165) is 0 Å². The minimum atomic E-state index is -1.12. The Labute approximate surface area is 204 Å². The summed E-state index contributed by atoms with van der Waals surface area (Å²) in [5.41, 5.74) is -1.65. The van der Waals surface area contributed by atoms with Crippen molar-refractivity contribution < 1.29 is 38.1 Å². The normalized spacial score (nSPS) is 27.2. The summed E-state index contributed by atoms with van der Waals surface area (Å²) in [5.74, 6) is -1.64.